The molecule has 0 aromatic heterocycles. The lowest BCUT2D eigenvalue weighted by atomic mass is 9.89. The van der Waals surface area contributed by atoms with Crippen LogP contribution in [0.1, 0.15) is 35.7 Å². The van der Waals surface area contributed by atoms with E-state index in [1.54, 1.807) is 13.0 Å². The molecule has 0 saturated heterocycles. The van der Waals surface area contributed by atoms with Crippen molar-refractivity contribution in [1.82, 2.24) is 0 Å². The summed E-state index contributed by atoms with van der Waals surface area (Å²) in [4.78, 5) is 22.9. The zero-order valence-corrected chi connectivity index (χ0v) is 10.3. The molecule has 92 valence electrons. The summed E-state index contributed by atoms with van der Waals surface area (Å²) in [5.74, 6) is -1.73. The molecule has 0 amide bonds. The number of fused-ring (bicyclic) bond motifs is 1. The second-order valence-electron chi connectivity index (χ2n) is 4.36. The van der Waals surface area contributed by atoms with Gasteiger partial charge in [0.05, 0.1) is 5.92 Å². The zero-order valence-electron chi connectivity index (χ0n) is 10.3. The number of aliphatic carboxylic acids is 1. The van der Waals surface area contributed by atoms with Crippen LogP contribution in [0.25, 0.3) is 10.8 Å². The number of ketones is 1. The molecular weight excluding hydrogens is 228 g/mol. The summed E-state index contributed by atoms with van der Waals surface area (Å²) in [7, 11) is 0. The third-order valence-corrected chi connectivity index (χ3v) is 3.15. The quantitative estimate of drug-likeness (QED) is 0.841. The molecule has 1 N–H and O–H groups in total. The van der Waals surface area contributed by atoms with Gasteiger partial charge in [0.2, 0.25) is 0 Å². The first-order valence-corrected chi connectivity index (χ1v) is 5.77. The molecule has 0 bridgehead atoms. The normalized spacial score (nSPS) is 12.3. The molecule has 2 aromatic carbocycles. The van der Waals surface area contributed by atoms with Crippen molar-refractivity contribution in [1.29, 1.82) is 0 Å². The summed E-state index contributed by atoms with van der Waals surface area (Å²) in [5.41, 5.74) is 1.09. The highest BCUT2D eigenvalue weighted by Crippen LogP contribution is 2.29. The molecule has 0 aliphatic rings. The van der Waals surface area contributed by atoms with Gasteiger partial charge in [0, 0.05) is 5.56 Å². The zero-order chi connectivity index (χ0) is 13.3. The maximum Gasteiger partial charge on any atom is 0.310 e. The summed E-state index contributed by atoms with van der Waals surface area (Å²) in [6.45, 7) is 3.07. The molecule has 0 radical (unpaired) electrons. The van der Waals surface area contributed by atoms with E-state index < -0.39 is 11.9 Å². The Morgan fingerprint density at radius 3 is 2.39 bits per heavy atom. The molecule has 3 nitrogen and oxygen atoms in total. The Balaban J connectivity index is 2.82. The van der Waals surface area contributed by atoms with E-state index in [0.717, 1.165) is 10.8 Å². The van der Waals surface area contributed by atoms with Crippen molar-refractivity contribution < 1.29 is 14.7 Å². The van der Waals surface area contributed by atoms with Crippen LogP contribution in [0.5, 0.6) is 0 Å². The average molecular weight is 242 g/mol. The van der Waals surface area contributed by atoms with Gasteiger partial charge in [-0.3, -0.25) is 9.59 Å². The van der Waals surface area contributed by atoms with E-state index in [0.29, 0.717) is 11.1 Å². The minimum Gasteiger partial charge on any atom is -0.481 e. The number of hydrogen-bond donors (Lipinski definition) is 1. The van der Waals surface area contributed by atoms with Crippen molar-refractivity contribution in [2.45, 2.75) is 19.8 Å². The molecule has 0 fully saturated rings. The van der Waals surface area contributed by atoms with Crippen molar-refractivity contribution in [3.05, 3.63) is 47.5 Å². The van der Waals surface area contributed by atoms with E-state index in [4.69, 9.17) is 0 Å². The monoisotopic (exact) mass is 242 g/mol. The first-order chi connectivity index (χ1) is 8.52. The molecule has 1 atom stereocenters. The second kappa shape index (κ2) is 4.61. The molecule has 0 heterocycles. The lowest BCUT2D eigenvalue weighted by Crippen LogP contribution is -2.12. The Hall–Kier alpha value is -2.16. The van der Waals surface area contributed by atoms with Crippen LogP contribution in [0.15, 0.2) is 36.4 Å². The van der Waals surface area contributed by atoms with Crippen molar-refractivity contribution in [2.75, 3.05) is 0 Å². The molecule has 18 heavy (non-hydrogen) atoms. The predicted octanol–water partition coefficient (Wildman–Crippen LogP) is 3.23. The first kappa shape index (κ1) is 12.3. The van der Waals surface area contributed by atoms with Gasteiger partial charge in [-0.2, -0.15) is 0 Å². The smallest absolute Gasteiger partial charge is 0.310 e. The summed E-state index contributed by atoms with van der Waals surface area (Å²) in [5, 5.41) is 11.0. The molecule has 2 aromatic rings. The maximum atomic E-state index is 11.6. The minimum absolute atomic E-state index is 0.108. The van der Waals surface area contributed by atoms with Crippen molar-refractivity contribution in [3.63, 3.8) is 0 Å². The van der Waals surface area contributed by atoms with Gasteiger partial charge < -0.3 is 5.11 Å². The lowest BCUT2D eigenvalue weighted by Gasteiger charge is -2.14. The van der Waals surface area contributed by atoms with Crippen LogP contribution in [0.4, 0.5) is 0 Å². The van der Waals surface area contributed by atoms with E-state index in [1.807, 2.05) is 30.3 Å². The van der Waals surface area contributed by atoms with Crippen LogP contribution in [0, 0.1) is 0 Å². The number of carboxylic acid groups (broad SMARTS) is 1. The van der Waals surface area contributed by atoms with Gasteiger partial charge in [0.25, 0.3) is 0 Å². The van der Waals surface area contributed by atoms with Gasteiger partial charge in [-0.05, 0) is 30.2 Å². The summed E-state index contributed by atoms with van der Waals surface area (Å²) >= 11 is 0. The average Bonchev–Trinajstić information content (AvgIpc) is 2.36. The molecule has 0 spiro atoms. The van der Waals surface area contributed by atoms with Gasteiger partial charge in [0.15, 0.2) is 5.78 Å². The Bertz CT molecular complexity index is 629. The molecule has 0 aliphatic carbocycles. The number of carbonyl (C=O) groups is 2. The Kier molecular flexibility index (Phi) is 3.15. The molecule has 2 rings (SSSR count). The standard InChI is InChI=1S/C15H14O3/c1-9(15(17)18)14-12(10(2)16)8-7-11-5-3-4-6-13(11)14/h3-9H,1-2H3,(H,17,18). The maximum absolute atomic E-state index is 11.6. The van der Waals surface area contributed by atoms with Crippen LogP contribution in [-0.4, -0.2) is 16.9 Å². The van der Waals surface area contributed by atoms with Gasteiger partial charge in [-0.25, -0.2) is 0 Å². The second-order valence-corrected chi connectivity index (χ2v) is 4.36. The van der Waals surface area contributed by atoms with E-state index >= 15 is 0 Å². The SMILES string of the molecule is CC(=O)c1ccc2ccccc2c1C(C)C(=O)O. The fourth-order valence-corrected chi connectivity index (χ4v) is 2.19. The van der Waals surface area contributed by atoms with Crippen LogP contribution < -0.4 is 0 Å². The van der Waals surface area contributed by atoms with Gasteiger partial charge in [-0.15, -0.1) is 0 Å². The van der Waals surface area contributed by atoms with Gasteiger partial charge in [0.1, 0.15) is 0 Å². The largest absolute Gasteiger partial charge is 0.481 e. The van der Waals surface area contributed by atoms with E-state index in [1.165, 1.54) is 6.92 Å². The highest BCUT2D eigenvalue weighted by molar-refractivity contribution is 6.03. The van der Waals surface area contributed by atoms with E-state index in [2.05, 4.69) is 0 Å². The Morgan fingerprint density at radius 1 is 1.11 bits per heavy atom. The predicted molar refractivity (Wildman–Crippen MR) is 70.0 cm³/mol. The van der Waals surface area contributed by atoms with Crippen LogP contribution in [-0.2, 0) is 4.79 Å². The van der Waals surface area contributed by atoms with Crippen LogP contribution >= 0.6 is 0 Å². The highest BCUT2D eigenvalue weighted by atomic mass is 16.4. The fraction of sp³-hybridized carbons (Fsp3) is 0.200. The lowest BCUT2D eigenvalue weighted by molar-refractivity contribution is -0.138. The number of carboxylic acids is 1. The number of benzene rings is 2. The molecule has 0 aliphatic heterocycles. The van der Waals surface area contributed by atoms with E-state index in [-0.39, 0.29) is 5.78 Å². The van der Waals surface area contributed by atoms with Crippen LogP contribution in [0.3, 0.4) is 0 Å². The van der Waals surface area contributed by atoms with E-state index in [9.17, 15) is 14.7 Å². The van der Waals surface area contributed by atoms with Gasteiger partial charge in [-0.1, -0.05) is 36.4 Å². The molecule has 1 unspecified atom stereocenters. The Morgan fingerprint density at radius 2 is 1.78 bits per heavy atom. The summed E-state index contributed by atoms with van der Waals surface area (Å²) < 4.78 is 0. The van der Waals surface area contributed by atoms with Crippen molar-refractivity contribution >= 4 is 22.5 Å². The molecular formula is C15H14O3. The minimum atomic E-state index is -0.922. The summed E-state index contributed by atoms with van der Waals surface area (Å²) in [6.07, 6.45) is 0. The first-order valence-electron chi connectivity index (χ1n) is 5.77. The number of Topliss-reactive ketones (excluding diaryl/α,β-unsaturated/α-hetero) is 1. The van der Waals surface area contributed by atoms with Crippen LogP contribution in [0.2, 0.25) is 0 Å². The summed E-state index contributed by atoms with van der Waals surface area (Å²) in [6, 6.07) is 11.1. The Labute approximate surface area is 105 Å². The number of rotatable bonds is 3. The molecule has 3 heteroatoms. The van der Waals surface area contributed by atoms with Crippen molar-refractivity contribution in [3.8, 4) is 0 Å². The van der Waals surface area contributed by atoms with Crippen molar-refractivity contribution in [2.24, 2.45) is 0 Å². The van der Waals surface area contributed by atoms with Gasteiger partial charge >= 0.3 is 5.97 Å². The fourth-order valence-electron chi connectivity index (χ4n) is 2.19. The third kappa shape index (κ3) is 1.99. The highest BCUT2D eigenvalue weighted by Gasteiger charge is 2.21. The number of hydrogen-bond acceptors (Lipinski definition) is 2. The molecule has 0 saturated carbocycles. The third-order valence-electron chi connectivity index (χ3n) is 3.15. The number of carbonyl (C=O) groups excluding carboxylic acids is 1. The topological polar surface area (TPSA) is 54.4 Å².